The third kappa shape index (κ3) is 4.00. The van der Waals surface area contributed by atoms with Gasteiger partial charge in [-0.25, -0.2) is 4.68 Å². The molecule has 0 atom stereocenters. The number of ether oxygens (including phenoxy) is 2. The molecule has 22 heavy (non-hydrogen) atoms. The Balaban J connectivity index is 2.16. The highest BCUT2D eigenvalue weighted by atomic mass is 35.5. The number of halogens is 1. The molecule has 1 heterocycles. The van der Waals surface area contributed by atoms with Gasteiger partial charge >= 0.3 is 0 Å². The molecular weight excluding hydrogens is 306 g/mol. The van der Waals surface area contributed by atoms with Crippen LogP contribution < -0.4 is 14.8 Å². The van der Waals surface area contributed by atoms with Gasteiger partial charge in [-0.05, 0) is 35.4 Å². The average molecular weight is 326 g/mol. The molecule has 0 unspecified atom stereocenters. The van der Waals surface area contributed by atoms with Gasteiger partial charge in [0.05, 0.1) is 13.2 Å². The van der Waals surface area contributed by atoms with Crippen molar-refractivity contribution >= 4 is 17.5 Å². The lowest BCUT2D eigenvalue weighted by molar-refractivity contribution is 0.276. The van der Waals surface area contributed by atoms with Gasteiger partial charge < -0.3 is 14.8 Å². The number of hydrogen-bond acceptors (Lipinski definition) is 6. The number of nitrogens with zero attached hydrogens (tertiary/aromatic N) is 4. The van der Waals surface area contributed by atoms with E-state index in [4.69, 9.17) is 21.1 Å². The van der Waals surface area contributed by atoms with Crippen molar-refractivity contribution in [2.45, 2.75) is 26.8 Å². The van der Waals surface area contributed by atoms with E-state index in [0.717, 1.165) is 12.0 Å². The number of anilines is 1. The van der Waals surface area contributed by atoms with Crippen LogP contribution in [0.4, 0.5) is 5.95 Å². The van der Waals surface area contributed by atoms with Crippen LogP contribution in [0.5, 0.6) is 11.5 Å². The molecule has 0 fully saturated rings. The Hall–Kier alpha value is -2.02. The van der Waals surface area contributed by atoms with Crippen LogP contribution in [0.1, 0.15) is 25.8 Å². The van der Waals surface area contributed by atoms with Gasteiger partial charge in [0.15, 0.2) is 11.5 Å². The smallest absolute Gasteiger partial charge is 0.242 e. The van der Waals surface area contributed by atoms with Crippen molar-refractivity contribution in [1.29, 1.82) is 0 Å². The summed E-state index contributed by atoms with van der Waals surface area (Å²) < 4.78 is 12.9. The number of nitrogens with one attached hydrogen (secondary N) is 1. The third-order valence-corrected chi connectivity index (χ3v) is 3.28. The normalized spacial score (nSPS) is 10.5. The highest BCUT2D eigenvalue weighted by Gasteiger charge is 2.12. The molecule has 1 aromatic carbocycles. The molecule has 0 radical (unpaired) electrons. The van der Waals surface area contributed by atoms with Crippen LogP contribution in [0.15, 0.2) is 12.1 Å². The van der Waals surface area contributed by atoms with Crippen molar-refractivity contribution < 1.29 is 9.47 Å². The van der Waals surface area contributed by atoms with Crippen LogP contribution in [0.2, 0.25) is 5.02 Å². The Morgan fingerprint density at radius 3 is 2.64 bits per heavy atom. The predicted molar refractivity (Wildman–Crippen MR) is 84.5 cm³/mol. The van der Waals surface area contributed by atoms with Crippen molar-refractivity contribution in [3.63, 3.8) is 0 Å². The zero-order valence-electron chi connectivity index (χ0n) is 13.0. The first-order chi connectivity index (χ1) is 10.7. The topological polar surface area (TPSA) is 74.1 Å². The number of rotatable bonds is 8. The molecule has 2 rings (SSSR count). The van der Waals surface area contributed by atoms with Gasteiger partial charge in [-0.15, -0.1) is 0 Å². The molecule has 0 spiro atoms. The molecule has 0 saturated carbocycles. The lowest BCUT2D eigenvalue weighted by Gasteiger charge is -2.15. The Kier molecular flexibility index (Phi) is 5.83. The van der Waals surface area contributed by atoms with Crippen molar-refractivity contribution in [2.75, 3.05) is 18.5 Å². The molecule has 0 bridgehead atoms. The lowest BCUT2D eigenvalue weighted by atomic mass is 10.2. The first-order valence-corrected chi connectivity index (χ1v) is 7.57. The van der Waals surface area contributed by atoms with Gasteiger partial charge in [-0.2, -0.15) is 0 Å². The average Bonchev–Trinajstić information content (AvgIpc) is 2.91. The molecule has 0 aliphatic heterocycles. The summed E-state index contributed by atoms with van der Waals surface area (Å²) in [4.78, 5) is 0. The van der Waals surface area contributed by atoms with Crippen LogP contribution in [-0.4, -0.2) is 33.4 Å². The van der Waals surface area contributed by atoms with Crippen LogP contribution >= 0.6 is 11.6 Å². The van der Waals surface area contributed by atoms with E-state index in [1.165, 1.54) is 0 Å². The summed E-state index contributed by atoms with van der Waals surface area (Å²) in [5.74, 6) is 1.92. The Morgan fingerprint density at radius 1 is 1.23 bits per heavy atom. The minimum atomic E-state index is 0.487. The van der Waals surface area contributed by atoms with Gasteiger partial charge in [0.2, 0.25) is 5.95 Å². The molecule has 0 saturated heterocycles. The Labute approximate surface area is 134 Å². The minimum Gasteiger partial charge on any atom is -0.490 e. The van der Waals surface area contributed by atoms with Gasteiger partial charge in [-0.3, -0.25) is 0 Å². The molecule has 120 valence electrons. The summed E-state index contributed by atoms with van der Waals surface area (Å²) in [6.07, 6.45) is 0.922. The SMILES string of the molecule is CCCOc1cc(Cl)c(CNc2nnnn2C)cc1OCC. The lowest BCUT2D eigenvalue weighted by Crippen LogP contribution is -2.07. The summed E-state index contributed by atoms with van der Waals surface area (Å²) in [5, 5.41) is 14.9. The maximum atomic E-state index is 6.33. The van der Waals surface area contributed by atoms with Crippen LogP contribution in [0.25, 0.3) is 0 Å². The third-order valence-electron chi connectivity index (χ3n) is 2.93. The number of hydrogen-bond donors (Lipinski definition) is 1. The van der Waals surface area contributed by atoms with Crippen molar-refractivity contribution in [3.05, 3.63) is 22.7 Å². The van der Waals surface area contributed by atoms with Crippen molar-refractivity contribution in [1.82, 2.24) is 20.2 Å². The highest BCUT2D eigenvalue weighted by molar-refractivity contribution is 6.31. The second-order valence-electron chi connectivity index (χ2n) is 4.65. The predicted octanol–water partition coefficient (Wildman–Crippen LogP) is 2.66. The minimum absolute atomic E-state index is 0.487. The van der Waals surface area contributed by atoms with Gasteiger partial charge in [0.25, 0.3) is 0 Å². The fourth-order valence-corrected chi connectivity index (χ4v) is 2.08. The molecule has 1 aromatic heterocycles. The van der Waals surface area contributed by atoms with E-state index in [1.807, 2.05) is 13.0 Å². The van der Waals surface area contributed by atoms with E-state index in [-0.39, 0.29) is 0 Å². The van der Waals surface area contributed by atoms with E-state index >= 15 is 0 Å². The number of aromatic nitrogens is 4. The molecule has 0 aliphatic carbocycles. The molecular formula is C14H20ClN5O2. The first kappa shape index (κ1) is 16.4. The molecule has 0 amide bonds. The Bertz CT molecular complexity index is 617. The van der Waals surface area contributed by atoms with E-state index in [9.17, 15) is 0 Å². The second-order valence-corrected chi connectivity index (χ2v) is 5.06. The van der Waals surface area contributed by atoms with Crippen molar-refractivity contribution in [2.24, 2.45) is 7.05 Å². The molecule has 7 nitrogen and oxygen atoms in total. The van der Waals surface area contributed by atoms with E-state index in [1.54, 1.807) is 17.8 Å². The van der Waals surface area contributed by atoms with Gasteiger partial charge in [0, 0.05) is 24.7 Å². The fourth-order valence-electron chi connectivity index (χ4n) is 1.86. The van der Waals surface area contributed by atoms with Crippen LogP contribution in [0, 0.1) is 0 Å². The first-order valence-electron chi connectivity index (χ1n) is 7.20. The van der Waals surface area contributed by atoms with Gasteiger partial charge in [-0.1, -0.05) is 23.6 Å². The number of aryl methyl sites for hydroxylation is 1. The molecule has 8 heteroatoms. The summed E-state index contributed by atoms with van der Waals surface area (Å²) in [6.45, 7) is 5.65. The molecule has 0 aliphatic rings. The Morgan fingerprint density at radius 2 is 2.00 bits per heavy atom. The standard InChI is InChI=1S/C14H20ClN5O2/c1-4-6-22-13-8-11(15)10(7-12(13)21-5-2)9-16-14-17-18-19-20(14)3/h7-8H,4-6,9H2,1-3H3,(H,16,17,19). The zero-order chi connectivity index (χ0) is 15.9. The molecule has 2 aromatic rings. The zero-order valence-corrected chi connectivity index (χ0v) is 13.7. The van der Waals surface area contributed by atoms with Crippen molar-refractivity contribution in [3.8, 4) is 11.5 Å². The largest absolute Gasteiger partial charge is 0.490 e. The summed E-state index contributed by atoms with van der Waals surface area (Å²) >= 11 is 6.33. The summed E-state index contributed by atoms with van der Waals surface area (Å²) in [5.41, 5.74) is 0.886. The van der Waals surface area contributed by atoms with E-state index in [0.29, 0.717) is 42.2 Å². The monoisotopic (exact) mass is 325 g/mol. The summed E-state index contributed by atoms with van der Waals surface area (Å²) in [6, 6.07) is 3.67. The second kappa shape index (κ2) is 7.84. The van der Waals surface area contributed by atoms with E-state index < -0.39 is 0 Å². The van der Waals surface area contributed by atoms with Crippen LogP contribution in [-0.2, 0) is 13.6 Å². The molecule has 1 N–H and O–H groups in total. The summed E-state index contributed by atoms with van der Waals surface area (Å²) in [7, 11) is 1.76. The fraction of sp³-hybridized carbons (Fsp3) is 0.500. The van der Waals surface area contributed by atoms with E-state index in [2.05, 4.69) is 27.8 Å². The maximum Gasteiger partial charge on any atom is 0.242 e. The van der Waals surface area contributed by atoms with Gasteiger partial charge in [0.1, 0.15) is 0 Å². The number of tetrazole rings is 1. The highest BCUT2D eigenvalue weighted by Crippen LogP contribution is 2.34. The van der Waals surface area contributed by atoms with Crippen LogP contribution in [0.3, 0.4) is 0 Å². The number of benzene rings is 1. The quantitative estimate of drug-likeness (QED) is 0.804. The maximum absolute atomic E-state index is 6.33.